The molecule has 1 aliphatic rings. The molecule has 2 heterocycles. The summed E-state index contributed by atoms with van der Waals surface area (Å²) in [6, 6.07) is 5.03. The van der Waals surface area contributed by atoms with Crippen LogP contribution in [0.25, 0.3) is 10.9 Å². The van der Waals surface area contributed by atoms with Crippen molar-refractivity contribution >= 4 is 28.1 Å². The maximum Gasteiger partial charge on any atom is 0.123 e. The molecule has 0 saturated heterocycles. The molecule has 20 heavy (non-hydrogen) atoms. The van der Waals surface area contributed by atoms with Crippen molar-refractivity contribution in [2.24, 2.45) is 5.73 Å². The largest absolute Gasteiger partial charge is 0.393 e. The molecule has 0 aliphatic carbocycles. The molecule has 0 atom stereocenters. The number of likely N-dealkylation sites (N-methyl/N-ethyl adjacent to an activating group) is 1. The van der Waals surface area contributed by atoms with E-state index in [9.17, 15) is 4.39 Å². The van der Waals surface area contributed by atoms with Crippen molar-refractivity contribution in [3.05, 3.63) is 35.3 Å². The van der Waals surface area contributed by atoms with E-state index >= 15 is 0 Å². The van der Waals surface area contributed by atoms with Crippen molar-refractivity contribution in [1.82, 2.24) is 9.47 Å². The van der Waals surface area contributed by atoms with E-state index in [1.54, 1.807) is 6.07 Å². The van der Waals surface area contributed by atoms with Crippen LogP contribution in [0.3, 0.4) is 0 Å². The zero-order chi connectivity index (χ0) is 14.3. The molecule has 0 bridgehead atoms. The highest BCUT2D eigenvalue weighted by molar-refractivity contribution is 7.80. The second-order valence-electron chi connectivity index (χ2n) is 5.44. The Morgan fingerprint density at radius 3 is 3.00 bits per heavy atom. The third kappa shape index (κ3) is 2.31. The van der Waals surface area contributed by atoms with Gasteiger partial charge in [0, 0.05) is 49.1 Å². The fourth-order valence-corrected chi connectivity index (χ4v) is 3.13. The molecule has 3 rings (SSSR count). The molecule has 0 unspecified atom stereocenters. The van der Waals surface area contributed by atoms with Gasteiger partial charge in [-0.2, -0.15) is 0 Å². The van der Waals surface area contributed by atoms with Gasteiger partial charge in [0.2, 0.25) is 0 Å². The van der Waals surface area contributed by atoms with Gasteiger partial charge in [0.25, 0.3) is 0 Å². The number of nitrogens with two attached hydrogens (primary N) is 1. The smallest absolute Gasteiger partial charge is 0.123 e. The average molecular weight is 291 g/mol. The van der Waals surface area contributed by atoms with Crippen LogP contribution in [0.1, 0.15) is 17.7 Å². The number of aryl methyl sites for hydroxylation is 1. The molecule has 0 radical (unpaired) electrons. The van der Waals surface area contributed by atoms with Crippen molar-refractivity contribution in [3.8, 4) is 0 Å². The molecule has 1 aromatic carbocycles. The second-order valence-corrected chi connectivity index (χ2v) is 5.97. The summed E-state index contributed by atoms with van der Waals surface area (Å²) in [5.41, 5.74) is 9.26. The van der Waals surface area contributed by atoms with Crippen molar-refractivity contribution in [2.75, 3.05) is 13.6 Å². The third-order valence-electron chi connectivity index (χ3n) is 3.99. The van der Waals surface area contributed by atoms with E-state index in [2.05, 4.69) is 16.5 Å². The Hall–Kier alpha value is -1.46. The van der Waals surface area contributed by atoms with Crippen LogP contribution in [0.2, 0.25) is 0 Å². The Bertz CT molecular complexity index is 677. The summed E-state index contributed by atoms with van der Waals surface area (Å²) >= 11 is 4.98. The molecule has 1 aliphatic heterocycles. The van der Waals surface area contributed by atoms with E-state index in [0.29, 0.717) is 11.4 Å². The number of hydrogen-bond acceptors (Lipinski definition) is 2. The standard InChI is InChI=1S/C15H18FN3S/c1-18-6-4-14-12(9-18)11-8-10(16)2-3-13(11)19(14)7-5-15(17)20/h2-3,8H,4-7,9H2,1H3,(H2,17,20). The molecule has 2 N–H and O–H groups in total. The molecule has 0 saturated carbocycles. The molecule has 1 aromatic heterocycles. The van der Waals surface area contributed by atoms with Gasteiger partial charge >= 0.3 is 0 Å². The molecule has 0 amide bonds. The predicted molar refractivity (Wildman–Crippen MR) is 83.3 cm³/mol. The van der Waals surface area contributed by atoms with Crippen molar-refractivity contribution in [2.45, 2.75) is 25.9 Å². The van der Waals surface area contributed by atoms with Crippen LogP contribution in [-0.2, 0) is 19.5 Å². The Morgan fingerprint density at radius 2 is 2.25 bits per heavy atom. The van der Waals surface area contributed by atoms with Gasteiger partial charge in [0.15, 0.2) is 0 Å². The van der Waals surface area contributed by atoms with Crippen LogP contribution >= 0.6 is 12.2 Å². The van der Waals surface area contributed by atoms with Crippen LogP contribution in [0.5, 0.6) is 0 Å². The lowest BCUT2D eigenvalue weighted by atomic mass is 10.0. The molecule has 106 valence electrons. The summed E-state index contributed by atoms with van der Waals surface area (Å²) in [5, 5.41) is 1.02. The molecular formula is C15H18FN3S. The molecule has 3 nitrogen and oxygen atoms in total. The van der Waals surface area contributed by atoms with Crippen LogP contribution in [0.4, 0.5) is 4.39 Å². The molecule has 0 fully saturated rings. The van der Waals surface area contributed by atoms with Crippen LogP contribution in [0.15, 0.2) is 18.2 Å². The predicted octanol–water partition coefficient (Wildman–Crippen LogP) is 2.44. The van der Waals surface area contributed by atoms with Crippen LogP contribution in [-0.4, -0.2) is 28.0 Å². The van der Waals surface area contributed by atoms with Crippen LogP contribution < -0.4 is 5.73 Å². The fourth-order valence-electron chi connectivity index (χ4n) is 3.03. The lowest BCUT2D eigenvalue weighted by Gasteiger charge is -2.24. The minimum absolute atomic E-state index is 0.181. The normalized spacial score (nSPS) is 15.5. The summed E-state index contributed by atoms with van der Waals surface area (Å²) in [7, 11) is 2.10. The Morgan fingerprint density at radius 1 is 1.45 bits per heavy atom. The van der Waals surface area contributed by atoms with Crippen LogP contribution in [0, 0.1) is 5.82 Å². The first-order chi connectivity index (χ1) is 9.56. The second kappa shape index (κ2) is 5.14. The summed E-state index contributed by atoms with van der Waals surface area (Å²) < 4.78 is 15.8. The first-order valence-corrected chi connectivity index (χ1v) is 7.23. The first kappa shape index (κ1) is 13.5. The van der Waals surface area contributed by atoms with E-state index in [-0.39, 0.29) is 5.82 Å². The number of fused-ring (bicyclic) bond motifs is 3. The molecule has 5 heteroatoms. The van der Waals surface area contributed by atoms with Gasteiger partial charge in [-0.15, -0.1) is 0 Å². The zero-order valence-corrected chi connectivity index (χ0v) is 12.3. The number of benzene rings is 1. The van der Waals surface area contributed by atoms with Gasteiger partial charge in [-0.3, -0.25) is 0 Å². The SMILES string of the molecule is CN1CCc2c(c3cc(F)ccc3n2CCC(N)=S)C1. The third-order valence-corrected chi connectivity index (χ3v) is 4.19. The average Bonchev–Trinajstić information content (AvgIpc) is 2.69. The number of aromatic nitrogens is 1. The Labute approximate surface area is 123 Å². The minimum Gasteiger partial charge on any atom is -0.393 e. The zero-order valence-electron chi connectivity index (χ0n) is 11.5. The lowest BCUT2D eigenvalue weighted by Crippen LogP contribution is -2.27. The lowest BCUT2D eigenvalue weighted by molar-refractivity contribution is 0.309. The Balaban J connectivity index is 2.15. The molecule has 0 spiro atoms. The quantitative estimate of drug-likeness (QED) is 0.882. The van der Waals surface area contributed by atoms with Gasteiger partial charge in [0.05, 0.1) is 4.99 Å². The van der Waals surface area contributed by atoms with E-state index in [0.717, 1.165) is 37.0 Å². The topological polar surface area (TPSA) is 34.2 Å². The number of nitrogens with zero attached hydrogens (tertiary/aromatic N) is 2. The summed E-state index contributed by atoms with van der Waals surface area (Å²) in [5.74, 6) is -0.181. The minimum atomic E-state index is -0.181. The number of rotatable bonds is 3. The number of thiocarbonyl (C=S) groups is 1. The van der Waals surface area contributed by atoms with E-state index < -0.39 is 0 Å². The fraction of sp³-hybridized carbons (Fsp3) is 0.400. The van der Waals surface area contributed by atoms with E-state index in [1.165, 1.54) is 17.3 Å². The maximum atomic E-state index is 13.6. The Kier molecular flexibility index (Phi) is 3.48. The maximum absolute atomic E-state index is 13.6. The number of halogens is 1. The van der Waals surface area contributed by atoms with Gasteiger partial charge in [-0.05, 0) is 30.8 Å². The van der Waals surface area contributed by atoms with Crippen molar-refractivity contribution < 1.29 is 4.39 Å². The van der Waals surface area contributed by atoms with Crippen molar-refractivity contribution in [1.29, 1.82) is 0 Å². The summed E-state index contributed by atoms with van der Waals surface area (Å²) in [6.45, 7) is 2.67. The van der Waals surface area contributed by atoms with Gasteiger partial charge in [0.1, 0.15) is 5.82 Å². The summed E-state index contributed by atoms with van der Waals surface area (Å²) in [6.07, 6.45) is 1.66. The summed E-state index contributed by atoms with van der Waals surface area (Å²) in [4.78, 5) is 2.79. The monoisotopic (exact) mass is 291 g/mol. The molecular weight excluding hydrogens is 273 g/mol. The highest BCUT2D eigenvalue weighted by atomic mass is 32.1. The highest BCUT2D eigenvalue weighted by Crippen LogP contribution is 2.31. The van der Waals surface area contributed by atoms with Gasteiger partial charge < -0.3 is 15.2 Å². The first-order valence-electron chi connectivity index (χ1n) is 6.82. The van der Waals surface area contributed by atoms with Gasteiger partial charge in [-0.25, -0.2) is 4.39 Å². The van der Waals surface area contributed by atoms with Crippen molar-refractivity contribution in [3.63, 3.8) is 0 Å². The van der Waals surface area contributed by atoms with E-state index in [4.69, 9.17) is 18.0 Å². The highest BCUT2D eigenvalue weighted by Gasteiger charge is 2.22. The number of hydrogen-bond donors (Lipinski definition) is 1. The van der Waals surface area contributed by atoms with Gasteiger partial charge in [-0.1, -0.05) is 12.2 Å². The molecule has 2 aromatic rings. The van der Waals surface area contributed by atoms with E-state index in [1.807, 2.05) is 6.07 Å².